The van der Waals surface area contributed by atoms with Crippen LogP contribution >= 0.6 is 24.0 Å². The van der Waals surface area contributed by atoms with Gasteiger partial charge in [0.15, 0.2) is 5.96 Å². The minimum absolute atomic E-state index is 0. The molecule has 0 aliphatic carbocycles. The van der Waals surface area contributed by atoms with Crippen LogP contribution in [-0.4, -0.2) is 70.6 Å². The Labute approximate surface area is 166 Å². The molecular weight excluding hydrogens is 439 g/mol. The molecule has 0 radical (unpaired) electrons. The highest BCUT2D eigenvalue weighted by molar-refractivity contribution is 14.0. The van der Waals surface area contributed by atoms with Gasteiger partial charge in [-0.1, -0.05) is 13.8 Å². The number of hydrogen-bond donors (Lipinski definition) is 2. The molecule has 0 saturated carbocycles. The zero-order valence-electron chi connectivity index (χ0n) is 16.0. The molecule has 0 saturated heterocycles. The lowest BCUT2D eigenvalue weighted by atomic mass is 10.2. The molecule has 6 nitrogen and oxygen atoms in total. The summed E-state index contributed by atoms with van der Waals surface area (Å²) in [6.45, 7) is 10.7. The van der Waals surface area contributed by atoms with Crippen LogP contribution in [-0.2, 0) is 9.84 Å². The van der Waals surface area contributed by atoms with Gasteiger partial charge in [0.25, 0.3) is 0 Å². The quantitative estimate of drug-likeness (QED) is 0.195. The topological polar surface area (TPSA) is 73.8 Å². The van der Waals surface area contributed by atoms with E-state index in [-0.39, 0.29) is 35.8 Å². The third-order valence-electron chi connectivity index (χ3n) is 3.55. The molecule has 0 aromatic rings. The van der Waals surface area contributed by atoms with E-state index in [4.69, 9.17) is 0 Å². The molecule has 0 fully saturated rings. The molecule has 1 unspecified atom stereocenters. The monoisotopic (exact) mass is 476 g/mol. The fourth-order valence-electron chi connectivity index (χ4n) is 2.37. The average Bonchev–Trinajstić information content (AvgIpc) is 2.47. The molecule has 0 rings (SSSR count). The number of nitrogens with one attached hydrogen (secondary N) is 2. The lowest BCUT2D eigenvalue weighted by Crippen LogP contribution is -2.43. The predicted molar refractivity (Wildman–Crippen MR) is 115 cm³/mol. The molecule has 1 atom stereocenters. The number of halogens is 1. The van der Waals surface area contributed by atoms with Crippen molar-refractivity contribution in [2.75, 3.05) is 45.2 Å². The van der Waals surface area contributed by atoms with E-state index in [0.29, 0.717) is 6.42 Å². The van der Waals surface area contributed by atoms with Crippen LogP contribution in [0.25, 0.3) is 0 Å². The number of hydrogen-bond acceptors (Lipinski definition) is 4. The van der Waals surface area contributed by atoms with E-state index in [1.165, 1.54) is 19.1 Å². The Kier molecular flexibility index (Phi) is 16.5. The third kappa shape index (κ3) is 15.4. The van der Waals surface area contributed by atoms with Gasteiger partial charge in [0.1, 0.15) is 9.84 Å². The van der Waals surface area contributed by atoms with Gasteiger partial charge < -0.3 is 15.5 Å². The second-order valence-electron chi connectivity index (χ2n) is 6.16. The zero-order chi connectivity index (χ0) is 17.7. The van der Waals surface area contributed by atoms with Gasteiger partial charge in [0.05, 0.1) is 5.75 Å². The fraction of sp³-hybridized carbons (Fsp3) is 0.938. The minimum Gasteiger partial charge on any atom is -0.356 e. The normalized spacial score (nSPS) is 13.5. The predicted octanol–water partition coefficient (Wildman–Crippen LogP) is 2.10. The van der Waals surface area contributed by atoms with E-state index in [1.807, 2.05) is 6.92 Å². The first-order chi connectivity index (χ1) is 10.8. The van der Waals surface area contributed by atoms with Crippen molar-refractivity contribution in [2.24, 2.45) is 4.99 Å². The second-order valence-corrected chi connectivity index (χ2v) is 8.42. The van der Waals surface area contributed by atoms with Crippen LogP contribution in [0.5, 0.6) is 0 Å². The maximum atomic E-state index is 11.2. The number of guanidine groups is 1. The Morgan fingerprint density at radius 2 is 1.75 bits per heavy atom. The third-order valence-corrected chi connectivity index (χ3v) is 4.53. The highest BCUT2D eigenvalue weighted by atomic mass is 127. The van der Waals surface area contributed by atoms with Crippen molar-refractivity contribution in [1.82, 2.24) is 15.5 Å². The van der Waals surface area contributed by atoms with Gasteiger partial charge in [-0.2, -0.15) is 0 Å². The Balaban J connectivity index is 0. The van der Waals surface area contributed by atoms with Crippen molar-refractivity contribution in [3.63, 3.8) is 0 Å². The molecule has 0 spiro atoms. The van der Waals surface area contributed by atoms with Crippen LogP contribution in [0.3, 0.4) is 0 Å². The molecule has 0 aromatic carbocycles. The molecule has 0 amide bonds. The Morgan fingerprint density at radius 1 is 1.17 bits per heavy atom. The van der Waals surface area contributed by atoms with Crippen LogP contribution in [0.1, 0.15) is 46.5 Å². The van der Waals surface area contributed by atoms with Crippen molar-refractivity contribution < 1.29 is 8.42 Å². The first-order valence-electron chi connectivity index (χ1n) is 8.69. The van der Waals surface area contributed by atoms with E-state index in [9.17, 15) is 8.42 Å². The van der Waals surface area contributed by atoms with E-state index in [2.05, 4.69) is 34.4 Å². The zero-order valence-corrected chi connectivity index (χ0v) is 19.1. The first kappa shape index (κ1) is 26.1. The highest BCUT2D eigenvalue weighted by Crippen LogP contribution is 1.97. The largest absolute Gasteiger partial charge is 0.356 e. The Hall–Kier alpha value is -0.0900. The Bertz CT molecular complexity index is 424. The number of rotatable bonds is 12. The summed E-state index contributed by atoms with van der Waals surface area (Å²) in [5, 5.41) is 6.54. The molecule has 146 valence electrons. The SMILES string of the molecule is CCCN(CCC)CCCNC(=NC)NC(C)CCS(C)(=O)=O.I. The van der Waals surface area contributed by atoms with E-state index in [1.54, 1.807) is 7.05 Å². The van der Waals surface area contributed by atoms with Crippen molar-refractivity contribution in [1.29, 1.82) is 0 Å². The maximum Gasteiger partial charge on any atom is 0.191 e. The van der Waals surface area contributed by atoms with Gasteiger partial charge in [-0.3, -0.25) is 4.99 Å². The van der Waals surface area contributed by atoms with Crippen molar-refractivity contribution in [3.05, 3.63) is 0 Å². The molecule has 2 N–H and O–H groups in total. The molecule has 0 heterocycles. The summed E-state index contributed by atoms with van der Waals surface area (Å²) in [6, 6.07) is 0.0765. The molecule has 0 bridgehead atoms. The van der Waals surface area contributed by atoms with Gasteiger partial charge in [-0.15, -0.1) is 24.0 Å². The molecule has 0 aromatic heterocycles. The van der Waals surface area contributed by atoms with Gasteiger partial charge in [-0.25, -0.2) is 8.42 Å². The lowest BCUT2D eigenvalue weighted by Gasteiger charge is -2.22. The summed E-state index contributed by atoms with van der Waals surface area (Å²) in [7, 11) is -1.17. The van der Waals surface area contributed by atoms with Crippen LogP contribution in [0, 0.1) is 0 Å². The number of nitrogens with zero attached hydrogens (tertiary/aromatic N) is 2. The average molecular weight is 476 g/mol. The minimum atomic E-state index is -2.91. The number of sulfone groups is 1. The van der Waals surface area contributed by atoms with Crippen molar-refractivity contribution >= 4 is 39.8 Å². The lowest BCUT2D eigenvalue weighted by molar-refractivity contribution is 0.271. The van der Waals surface area contributed by atoms with Gasteiger partial charge in [-0.05, 0) is 52.2 Å². The summed E-state index contributed by atoms with van der Waals surface area (Å²) in [5.41, 5.74) is 0. The van der Waals surface area contributed by atoms with Gasteiger partial charge in [0, 0.05) is 25.9 Å². The van der Waals surface area contributed by atoms with Gasteiger partial charge in [0.2, 0.25) is 0 Å². The standard InChI is InChI=1S/C16H36N4O2S.HI/c1-6-11-20(12-7-2)13-8-10-18-16(17-4)19-15(3)9-14-23(5,21)22;/h15H,6-14H2,1-5H3,(H2,17,18,19);1H. The van der Waals surface area contributed by atoms with E-state index >= 15 is 0 Å². The molecular formula is C16H37IN4O2S. The maximum absolute atomic E-state index is 11.2. The van der Waals surface area contributed by atoms with Crippen molar-refractivity contribution in [2.45, 2.75) is 52.5 Å². The first-order valence-corrected chi connectivity index (χ1v) is 10.8. The summed E-state index contributed by atoms with van der Waals surface area (Å²) in [6.07, 6.45) is 5.30. The van der Waals surface area contributed by atoms with Gasteiger partial charge >= 0.3 is 0 Å². The van der Waals surface area contributed by atoms with E-state index < -0.39 is 9.84 Å². The summed E-state index contributed by atoms with van der Waals surface area (Å²) in [4.78, 5) is 6.69. The van der Waals surface area contributed by atoms with E-state index in [0.717, 1.165) is 38.6 Å². The summed E-state index contributed by atoms with van der Waals surface area (Å²) in [5.74, 6) is 0.935. The summed E-state index contributed by atoms with van der Waals surface area (Å²) < 4.78 is 22.4. The molecule has 0 aliphatic rings. The van der Waals surface area contributed by atoms with Crippen molar-refractivity contribution in [3.8, 4) is 0 Å². The van der Waals surface area contributed by atoms with Crippen LogP contribution in [0.2, 0.25) is 0 Å². The van der Waals surface area contributed by atoms with Crippen LogP contribution < -0.4 is 10.6 Å². The smallest absolute Gasteiger partial charge is 0.191 e. The Morgan fingerprint density at radius 3 is 2.21 bits per heavy atom. The molecule has 0 aliphatic heterocycles. The van der Waals surface area contributed by atoms with Crippen LogP contribution in [0.4, 0.5) is 0 Å². The number of aliphatic imine (C=N–C) groups is 1. The second kappa shape index (κ2) is 15.2. The van der Waals surface area contributed by atoms with Crippen LogP contribution in [0.15, 0.2) is 4.99 Å². The fourth-order valence-corrected chi connectivity index (χ4v) is 3.15. The molecule has 8 heteroatoms. The summed E-state index contributed by atoms with van der Waals surface area (Å²) >= 11 is 0. The highest BCUT2D eigenvalue weighted by Gasteiger charge is 2.09. The molecule has 24 heavy (non-hydrogen) atoms.